The summed E-state index contributed by atoms with van der Waals surface area (Å²) in [5, 5.41) is 13.8. The van der Waals surface area contributed by atoms with E-state index in [1.807, 2.05) is 12.1 Å². The van der Waals surface area contributed by atoms with E-state index < -0.39 is 6.10 Å². The summed E-state index contributed by atoms with van der Waals surface area (Å²) < 4.78 is 0. The van der Waals surface area contributed by atoms with Crippen molar-refractivity contribution in [2.75, 3.05) is 18.4 Å². The van der Waals surface area contributed by atoms with E-state index in [-0.39, 0.29) is 5.91 Å². The molecule has 0 bridgehead atoms. The molecule has 0 spiro atoms. The highest BCUT2D eigenvalue weighted by Crippen LogP contribution is 2.28. The van der Waals surface area contributed by atoms with Gasteiger partial charge in [0.15, 0.2) is 0 Å². The fraction of sp³-hybridized carbons (Fsp3) is 0.435. The first-order valence-electron chi connectivity index (χ1n) is 10.1. The molecule has 1 amide bonds. The van der Waals surface area contributed by atoms with Crippen molar-refractivity contribution in [2.45, 2.75) is 50.7 Å². The number of fused-ring (bicyclic) bond motifs is 1. The number of β-amino-alcohol motifs (C(OH)–C–C–N with tert-alkyl or cyclic N) is 1. The number of hydrogen-bond donors (Lipinski definition) is 2. The zero-order valence-electron chi connectivity index (χ0n) is 15.7. The van der Waals surface area contributed by atoms with E-state index in [1.165, 1.54) is 24.8 Å². The molecule has 0 aromatic heterocycles. The number of hydrogen-bond acceptors (Lipinski definition) is 3. The highest BCUT2D eigenvalue weighted by molar-refractivity contribution is 5.93. The number of rotatable bonds is 5. The number of piperidine rings is 1. The first-order chi connectivity index (χ1) is 13.2. The molecule has 4 rings (SSSR count). The molecule has 4 nitrogen and oxygen atoms in total. The second-order valence-electron chi connectivity index (χ2n) is 7.81. The summed E-state index contributed by atoms with van der Waals surface area (Å²) in [7, 11) is 0. The molecule has 2 unspecified atom stereocenters. The van der Waals surface area contributed by atoms with Gasteiger partial charge in [0, 0.05) is 24.7 Å². The molecule has 2 aliphatic heterocycles. The number of nitrogens with zero attached hydrogens (tertiary/aromatic N) is 1. The minimum Gasteiger partial charge on any atom is -0.387 e. The topological polar surface area (TPSA) is 52.6 Å². The number of carbonyl (C=O) groups is 1. The third-order valence-corrected chi connectivity index (χ3v) is 5.88. The van der Waals surface area contributed by atoms with Crippen molar-refractivity contribution in [1.29, 1.82) is 0 Å². The van der Waals surface area contributed by atoms with Gasteiger partial charge in [-0.2, -0.15) is 0 Å². The van der Waals surface area contributed by atoms with E-state index in [2.05, 4.69) is 46.6 Å². The maximum atomic E-state index is 11.5. The second kappa shape index (κ2) is 8.24. The van der Waals surface area contributed by atoms with Crippen LogP contribution in [-0.2, 0) is 17.6 Å². The molecule has 0 radical (unpaired) electrons. The van der Waals surface area contributed by atoms with Gasteiger partial charge < -0.3 is 10.4 Å². The maximum absolute atomic E-state index is 11.5. The number of aliphatic hydroxyl groups is 1. The maximum Gasteiger partial charge on any atom is 0.224 e. The molecule has 0 aliphatic carbocycles. The van der Waals surface area contributed by atoms with Crippen LogP contribution >= 0.6 is 0 Å². The Balaban J connectivity index is 1.44. The van der Waals surface area contributed by atoms with E-state index in [9.17, 15) is 9.90 Å². The van der Waals surface area contributed by atoms with E-state index in [1.54, 1.807) is 0 Å². The fourth-order valence-corrected chi connectivity index (χ4v) is 4.36. The van der Waals surface area contributed by atoms with Crippen LogP contribution in [0.15, 0.2) is 48.5 Å². The molecule has 142 valence electrons. The van der Waals surface area contributed by atoms with E-state index in [0.717, 1.165) is 36.2 Å². The van der Waals surface area contributed by atoms with Gasteiger partial charge in [-0.15, -0.1) is 0 Å². The van der Waals surface area contributed by atoms with Gasteiger partial charge in [0.05, 0.1) is 6.10 Å². The number of carbonyl (C=O) groups excluding carboxylic acids is 1. The Labute approximate surface area is 161 Å². The highest BCUT2D eigenvalue weighted by Gasteiger charge is 2.25. The Morgan fingerprint density at radius 2 is 1.96 bits per heavy atom. The van der Waals surface area contributed by atoms with E-state index in [0.29, 0.717) is 19.0 Å². The summed E-state index contributed by atoms with van der Waals surface area (Å²) in [5.41, 5.74) is 4.34. The summed E-state index contributed by atoms with van der Waals surface area (Å²) in [6, 6.07) is 17.1. The van der Waals surface area contributed by atoms with Gasteiger partial charge in [0.25, 0.3) is 0 Å². The van der Waals surface area contributed by atoms with Gasteiger partial charge in [-0.25, -0.2) is 0 Å². The molecule has 1 saturated heterocycles. The van der Waals surface area contributed by atoms with Gasteiger partial charge in [-0.05, 0) is 55.0 Å². The third kappa shape index (κ3) is 4.40. The number of anilines is 1. The van der Waals surface area contributed by atoms with Crippen molar-refractivity contribution in [2.24, 2.45) is 0 Å². The monoisotopic (exact) mass is 364 g/mol. The lowest BCUT2D eigenvalue weighted by Crippen LogP contribution is -2.43. The van der Waals surface area contributed by atoms with Crippen LogP contribution < -0.4 is 5.32 Å². The predicted octanol–water partition coefficient (Wildman–Crippen LogP) is 3.70. The lowest BCUT2D eigenvalue weighted by atomic mass is 9.94. The quantitative estimate of drug-likeness (QED) is 0.850. The highest BCUT2D eigenvalue weighted by atomic mass is 16.3. The van der Waals surface area contributed by atoms with Gasteiger partial charge in [-0.3, -0.25) is 9.69 Å². The Hall–Kier alpha value is -2.17. The van der Waals surface area contributed by atoms with Crippen LogP contribution in [0.5, 0.6) is 0 Å². The summed E-state index contributed by atoms with van der Waals surface area (Å²) in [6.45, 7) is 1.72. The first kappa shape index (κ1) is 18.2. The molecule has 0 saturated carbocycles. The second-order valence-corrected chi connectivity index (χ2v) is 7.81. The minimum atomic E-state index is -0.496. The van der Waals surface area contributed by atoms with Gasteiger partial charge in [0.1, 0.15) is 0 Å². The van der Waals surface area contributed by atoms with Gasteiger partial charge >= 0.3 is 0 Å². The van der Waals surface area contributed by atoms with Crippen LogP contribution in [0.2, 0.25) is 0 Å². The Bertz CT molecular complexity index is 790. The van der Waals surface area contributed by atoms with Crippen LogP contribution in [0, 0.1) is 0 Å². The smallest absolute Gasteiger partial charge is 0.224 e. The lowest BCUT2D eigenvalue weighted by Gasteiger charge is -2.37. The molecule has 2 aromatic rings. The van der Waals surface area contributed by atoms with Crippen molar-refractivity contribution in [3.05, 3.63) is 65.2 Å². The normalized spacial score (nSPS) is 21.4. The molecule has 1 fully saturated rings. The van der Waals surface area contributed by atoms with Gasteiger partial charge in [-0.1, -0.05) is 48.9 Å². The summed E-state index contributed by atoms with van der Waals surface area (Å²) >= 11 is 0. The summed E-state index contributed by atoms with van der Waals surface area (Å²) in [4.78, 5) is 14.0. The number of nitrogens with one attached hydrogen (secondary N) is 1. The van der Waals surface area contributed by atoms with Crippen molar-refractivity contribution in [3.8, 4) is 0 Å². The SMILES string of the molecule is O=C1CCc2cc(C(O)CN3CCCCC3Cc3ccccc3)ccc2N1. The molecule has 4 heteroatoms. The molecule has 2 atom stereocenters. The Morgan fingerprint density at radius 3 is 2.81 bits per heavy atom. The standard InChI is InChI=1S/C23H28N2O2/c26-22(19-9-11-21-18(15-19)10-12-23(27)24-21)16-25-13-5-4-8-20(25)14-17-6-2-1-3-7-17/h1-3,6-7,9,11,15,20,22,26H,4-5,8,10,12-14,16H2,(H,24,27). The largest absolute Gasteiger partial charge is 0.387 e. The van der Waals surface area contributed by atoms with Crippen LogP contribution in [0.25, 0.3) is 0 Å². The molecular formula is C23H28N2O2. The van der Waals surface area contributed by atoms with Crippen molar-refractivity contribution < 1.29 is 9.90 Å². The van der Waals surface area contributed by atoms with Crippen LogP contribution in [0.3, 0.4) is 0 Å². The molecule has 2 aromatic carbocycles. The molecule has 2 heterocycles. The molecular weight excluding hydrogens is 336 g/mol. The van der Waals surface area contributed by atoms with E-state index in [4.69, 9.17) is 0 Å². The van der Waals surface area contributed by atoms with Crippen LogP contribution in [0.1, 0.15) is 48.5 Å². The average Bonchev–Trinajstić information content (AvgIpc) is 2.70. The summed E-state index contributed by atoms with van der Waals surface area (Å²) in [6.07, 6.45) is 5.49. The number of benzene rings is 2. The zero-order chi connectivity index (χ0) is 18.6. The lowest BCUT2D eigenvalue weighted by molar-refractivity contribution is -0.116. The molecule has 2 aliphatic rings. The Kier molecular flexibility index (Phi) is 5.55. The van der Waals surface area contributed by atoms with Gasteiger partial charge in [0.2, 0.25) is 5.91 Å². The minimum absolute atomic E-state index is 0.0767. The zero-order valence-corrected chi connectivity index (χ0v) is 15.7. The fourth-order valence-electron chi connectivity index (χ4n) is 4.36. The third-order valence-electron chi connectivity index (χ3n) is 5.88. The Morgan fingerprint density at radius 1 is 1.11 bits per heavy atom. The summed E-state index contributed by atoms with van der Waals surface area (Å²) in [5.74, 6) is 0.0767. The number of aryl methyl sites for hydroxylation is 1. The van der Waals surface area contributed by atoms with Crippen LogP contribution in [0.4, 0.5) is 5.69 Å². The van der Waals surface area contributed by atoms with Crippen molar-refractivity contribution >= 4 is 11.6 Å². The predicted molar refractivity (Wildman–Crippen MR) is 108 cm³/mol. The molecule has 27 heavy (non-hydrogen) atoms. The average molecular weight is 364 g/mol. The number of aliphatic hydroxyl groups excluding tert-OH is 1. The first-order valence-corrected chi connectivity index (χ1v) is 10.1. The molecule has 2 N–H and O–H groups in total. The van der Waals surface area contributed by atoms with Crippen molar-refractivity contribution in [3.63, 3.8) is 0 Å². The number of amides is 1. The van der Waals surface area contributed by atoms with E-state index >= 15 is 0 Å². The van der Waals surface area contributed by atoms with Crippen LogP contribution in [-0.4, -0.2) is 35.0 Å². The van der Waals surface area contributed by atoms with Crippen molar-refractivity contribution in [1.82, 2.24) is 4.90 Å². The number of likely N-dealkylation sites (tertiary alicyclic amines) is 1.